The van der Waals surface area contributed by atoms with Crippen LogP contribution in [0.25, 0.3) is 10.9 Å². The highest BCUT2D eigenvalue weighted by Crippen LogP contribution is 2.32. The molecular weight excluding hydrogens is 514 g/mol. The van der Waals surface area contributed by atoms with Crippen LogP contribution >= 0.6 is 0 Å². The van der Waals surface area contributed by atoms with Crippen LogP contribution in [0.5, 0.6) is 5.75 Å². The second-order valence-corrected chi connectivity index (χ2v) is 14.0. The lowest BCUT2D eigenvalue weighted by molar-refractivity contribution is 0.273. The number of nitrogens with one attached hydrogen (secondary N) is 1. The van der Waals surface area contributed by atoms with Gasteiger partial charge in [-0.2, -0.15) is 4.31 Å². The van der Waals surface area contributed by atoms with Gasteiger partial charge in [-0.3, -0.25) is 0 Å². The minimum absolute atomic E-state index is 0.00920. The number of aromatic nitrogens is 1. The average Bonchev–Trinajstić information content (AvgIpc) is 3.24. The summed E-state index contributed by atoms with van der Waals surface area (Å²) in [7, 11) is -10.3. The van der Waals surface area contributed by atoms with Crippen molar-refractivity contribution in [2.75, 3.05) is 33.0 Å². The van der Waals surface area contributed by atoms with Crippen LogP contribution in [0, 0.1) is 5.92 Å². The lowest BCUT2D eigenvalue weighted by Gasteiger charge is -2.31. The lowest BCUT2D eigenvalue weighted by Crippen LogP contribution is -2.42. The second kappa shape index (κ2) is 9.54. The molecule has 13 heteroatoms. The molecule has 1 saturated heterocycles. The van der Waals surface area contributed by atoms with Gasteiger partial charge in [0.05, 0.1) is 23.8 Å². The van der Waals surface area contributed by atoms with Crippen molar-refractivity contribution in [3.63, 3.8) is 0 Å². The fourth-order valence-corrected chi connectivity index (χ4v) is 8.20. The second-order valence-electron chi connectivity index (χ2n) is 8.45. The summed E-state index contributed by atoms with van der Waals surface area (Å²) in [5.41, 5.74) is 0.258. The molecule has 190 valence electrons. The van der Waals surface area contributed by atoms with Gasteiger partial charge in [-0.15, -0.1) is 0 Å². The maximum absolute atomic E-state index is 13.7. The van der Waals surface area contributed by atoms with E-state index in [2.05, 4.69) is 4.72 Å². The summed E-state index contributed by atoms with van der Waals surface area (Å²) < 4.78 is 87.2. The Kier molecular flexibility index (Phi) is 6.99. The van der Waals surface area contributed by atoms with E-state index in [4.69, 9.17) is 4.74 Å². The van der Waals surface area contributed by atoms with Gasteiger partial charge in [0.15, 0.2) is 5.03 Å². The van der Waals surface area contributed by atoms with Crippen molar-refractivity contribution in [2.24, 2.45) is 5.92 Å². The summed E-state index contributed by atoms with van der Waals surface area (Å²) in [5, 5.41) is 0.151. The lowest BCUT2D eigenvalue weighted by atomic mass is 9.99. The number of ether oxygens (including phenoxy) is 1. The SMILES string of the molecule is COc1ccc(S(=O)(=O)n2c(S(=O)(=O)N3CCC(CNS(C)(=O)=O)CC3)cc3ccccc32)cc1. The molecule has 0 unspecified atom stereocenters. The fourth-order valence-electron chi connectivity index (χ4n) is 4.14. The monoisotopic (exact) mass is 541 g/mol. The van der Waals surface area contributed by atoms with Crippen LogP contribution in [-0.4, -0.2) is 66.5 Å². The molecule has 1 aliphatic rings. The quantitative estimate of drug-likeness (QED) is 0.460. The van der Waals surface area contributed by atoms with Crippen LogP contribution in [0.4, 0.5) is 0 Å². The molecule has 0 spiro atoms. The molecule has 2 heterocycles. The van der Waals surface area contributed by atoms with Gasteiger partial charge < -0.3 is 4.74 Å². The third-order valence-electron chi connectivity index (χ3n) is 6.04. The first-order chi connectivity index (χ1) is 16.4. The van der Waals surface area contributed by atoms with E-state index in [-0.39, 0.29) is 41.0 Å². The molecule has 4 rings (SSSR count). The van der Waals surface area contributed by atoms with E-state index in [0.717, 1.165) is 10.2 Å². The van der Waals surface area contributed by atoms with Crippen molar-refractivity contribution >= 4 is 41.0 Å². The molecule has 3 aromatic rings. The zero-order chi connectivity index (χ0) is 25.4. The minimum Gasteiger partial charge on any atom is -0.497 e. The molecule has 0 amide bonds. The predicted octanol–water partition coefficient (Wildman–Crippen LogP) is 1.84. The Bertz CT molecular complexity index is 1540. The molecule has 1 aromatic heterocycles. The van der Waals surface area contributed by atoms with Crippen LogP contribution in [0.15, 0.2) is 64.5 Å². The third-order valence-corrected chi connectivity index (χ3v) is 10.5. The summed E-state index contributed by atoms with van der Waals surface area (Å²) in [4.78, 5) is -0.0679. The number of methoxy groups -OCH3 is 1. The average molecular weight is 542 g/mol. The van der Waals surface area contributed by atoms with Gasteiger partial charge in [-0.1, -0.05) is 18.2 Å². The summed E-state index contributed by atoms with van der Waals surface area (Å²) in [5.74, 6) is 0.465. The largest absolute Gasteiger partial charge is 0.497 e. The van der Waals surface area contributed by atoms with E-state index in [1.165, 1.54) is 41.7 Å². The minimum atomic E-state index is -4.26. The van der Waals surface area contributed by atoms with E-state index in [1.807, 2.05) is 0 Å². The van der Waals surface area contributed by atoms with E-state index in [0.29, 0.717) is 24.0 Å². The Hall–Kier alpha value is -2.45. The fraction of sp³-hybridized carbons (Fsp3) is 0.364. The highest BCUT2D eigenvalue weighted by molar-refractivity contribution is 7.92. The van der Waals surface area contributed by atoms with Gasteiger partial charge in [0, 0.05) is 25.0 Å². The summed E-state index contributed by atoms with van der Waals surface area (Å²) in [6, 6.07) is 13.7. The molecule has 0 aliphatic carbocycles. The highest BCUT2D eigenvalue weighted by Gasteiger charge is 2.35. The van der Waals surface area contributed by atoms with Gasteiger partial charge in [-0.05, 0) is 55.2 Å². The Morgan fingerprint density at radius 2 is 1.54 bits per heavy atom. The first-order valence-corrected chi connectivity index (χ1v) is 15.7. The number of piperidine rings is 1. The smallest absolute Gasteiger partial charge is 0.269 e. The van der Waals surface area contributed by atoms with Gasteiger partial charge in [0.1, 0.15) is 5.75 Å². The number of sulfonamides is 2. The Labute approximate surface area is 205 Å². The van der Waals surface area contributed by atoms with Crippen molar-refractivity contribution < 1.29 is 30.0 Å². The molecule has 1 aliphatic heterocycles. The summed E-state index contributed by atoms with van der Waals surface area (Å²) in [6.45, 7) is 0.546. The maximum atomic E-state index is 13.7. The number of hydrogen-bond acceptors (Lipinski definition) is 7. The van der Waals surface area contributed by atoms with E-state index < -0.39 is 30.1 Å². The van der Waals surface area contributed by atoms with Crippen molar-refractivity contribution in [3.05, 3.63) is 54.6 Å². The first kappa shape index (κ1) is 25.6. The standard InChI is InChI=1S/C22H27N3O7S3/c1-32-19-7-9-20(10-8-19)34(28,29)25-21-6-4-3-5-18(21)15-22(25)35(30,31)24-13-11-17(12-14-24)16-23-33(2,26)27/h3-10,15,17,23H,11-14,16H2,1-2H3. The Morgan fingerprint density at radius 3 is 2.14 bits per heavy atom. The van der Waals surface area contributed by atoms with Crippen molar-refractivity contribution in [1.82, 2.24) is 13.0 Å². The third kappa shape index (κ3) is 5.23. The molecule has 1 N–H and O–H groups in total. The van der Waals surface area contributed by atoms with Gasteiger partial charge in [0.25, 0.3) is 20.0 Å². The van der Waals surface area contributed by atoms with E-state index >= 15 is 0 Å². The number of nitrogens with zero attached hydrogens (tertiary/aromatic N) is 2. The summed E-state index contributed by atoms with van der Waals surface area (Å²) >= 11 is 0. The number of fused-ring (bicyclic) bond motifs is 1. The van der Waals surface area contributed by atoms with E-state index in [1.54, 1.807) is 24.3 Å². The molecule has 35 heavy (non-hydrogen) atoms. The molecule has 10 nitrogen and oxygen atoms in total. The van der Waals surface area contributed by atoms with Crippen molar-refractivity contribution in [2.45, 2.75) is 22.8 Å². The molecule has 2 aromatic carbocycles. The number of benzene rings is 2. The highest BCUT2D eigenvalue weighted by atomic mass is 32.2. The molecule has 0 atom stereocenters. The van der Waals surface area contributed by atoms with Crippen LogP contribution in [0.2, 0.25) is 0 Å². The molecule has 0 saturated carbocycles. The maximum Gasteiger partial charge on any atom is 0.269 e. The van der Waals surface area contributed by atoms with E-state index in [9.17, 15) is 25.3 Å². The summed E-state index contributed by atoms with van der Waals surface area (Å²) in [6.07, 6.45) is 1.98. The van der Waals surface area contributed by atoms with Gasteiger partial charge in [0.2, 0.25) is 10.0 Å². The number of rotatable bonds is 8. The number of para-hydroxylation sites is 1. The predicted molar refractivity (Wildman–Crippen MR) is 132 cm³/mol. The first-order valence-electron chi connectivity index (χ1n) is 10.9. The van der Waals surface area contributed by atoms with Crippen molar-refractivity contribution in [1.29, 1.82) is 0 Å². The van der Waals surface area contributed by atoms with Crippen LogP contribution in [0.1, 0.15) is 12.8 Å². The van der Waals surface area contributed by atoms with Crippen LogP contribution in [-0.2, 0) is 30.1 Å². The normalized spacial score (nSPS) is 16.5. The number of hydrogen-bond donors (Lipinski definition) is 1. The van der Waals surface area contributed by atoms with Crippen LogP contribution in [0.3, 0.4) is 0 Å². The topological polar surface area (TPSA) is 132 Å². The molecule has 0 radical (unpaired) electrons. The zero-order valence-corrected chi connectivity index (χ0v) is 21.7. The molecular formula is C22H27N3O7S3. The van der Waals surface area contributed by atoms with Gasteiger partial charge in [-0.25, -0.2) is 33.9 Å². The van der Waals surface area contributed by atoms with Crippen LogP contribution < -0.4 is 9.46 Å². The zero-order valence-electron chi connectivity index (χ0n) is 19.3. The molecule has 0 bridgehead atoms. The van der Waals surface area contributed by atoms with Crippen molar-refractivity contribution in [3.8, 4) is 5.75 Å². The van der Waals surface area contributed by atoms with Gasteiger partial charge >= 0.3 is 0 Å². The Morgan fingerprint density at radius 1 is 0.914 bits per heavy atom. The Balaban J connectivity index is 1.71. The molecule has 1 fully saturated rings.